The van der Waals surface area contributed by atoms with Gasteiger partial charge in [0.25, 0.3) is 5.91 Å². The van der Waals surface area contributed by atoms with Crippen molar-refractivity contribution < 1.29 is 14.3 Å². The van der Waals surface area contributed by atoms with Crippen molar-refractivity contribution >= 4 is 23.0 Å². The number of benzene rings is 1. The number of primary amides is 1. The summed E-state index contributed by atoms with van der Waals surface area (Å²) >= 11 is 1.42. The Morgan fingerprint density at radius 2 is 1.95 bits per heavy atom. The van der Waals surface area contributed by atoms with Crippen molar-refractivity contribution in [3.63, 3.8) is 0 Å². The number of carbonyl (C=O) groups excluding carboxylic acids is 2. The maximum atomic E-state index is 11.9. The Hall–Kier alpha value is -2.14. The molecular weight excluding hydrogens is 274 g/mol. The van der Waals surface area contributed by atoms with E-state index in [1.165, 1.54) is 11.3 Å². The monoisotopic (exact) mass is 289 g/mol. The fourth-order valence-corrected chi connectivity index (χ4v) is 2.55. The number of nitrogens with two attached hydrogens (primary N) is 1. The minimum absolute atomic E-state index is 0.108. The number of aryl methyl sites for hydroxylation is 2. The largest absolute Gasteiger partial charge is 0.485 e. The van der Waals surface area contributed by atoms with Crippen molar-refractivity contribution in [2.75, 3.05) is 6.61 Å². The van der Waals surface area contributed by atoms with Gasteiger partial charge in [-0.05, 0) is 38.1 Å². The normalized spacial score (nSPS) is 10.3. The van der Waals surface area contributed by atoms with Crippen LogP contribution in [0.2, 0.25) is 0 Å². The Bertz CT molecular complexity index is 661. The molecule has 0 radical (unpaired) electrons. The number of ketones is 1. The summed E-state index contributed by atoms with van der Waals surface area (Å²) in [4.78, 5) is 25.0. The molecule has 1 heterocycles. The van der Waals surface area contributed by atoms with Gasteiger partial charge in [0.15, 0.2) is 6.61 Å². The summed E-state index contributed by atoms with van der Waals surface area (Å²) in [7, 11) is 0. The van der Waals surface area contributed by atoms with Gasteiger partial charge in [-0.3, -0.25) is 9.59 Å². The third-order valence-corrected chi connectivity index (χ3v) is 3.82. The molecule has 0 saturated carbocycles. The maximum Gasteiger partial charge on any atom is 0.252 e. The van der Waals surface area contributed by atoms with Gasteiger partial charge in [-0.2, -0.15) is 0 Å². The number of carbonyl (C=O) groups is 2. The molecule has 0 aliphatic heterocycles. The van der Waals surface area contributed by atoms with E-state index >= 15 is 0 Å². The number of ether oxygens (including phenoxy) is 1. The van der Waals surface area contributed by atoms with Crippen LogP contribution in [-0.4, -0.2) is 18.3 Å². The second-order valence-corrected chi connectivity index (χ2v) is 5.77. The summed E-state index contributed by atoms with van der Waals surface area (Å²) in [6.45, 7) is 3.69. The quantitative estimate of drug-likeness (QED) is 0.860. The number of thiophene rings is 1. The van der Waals surface area contributed by atoms with Crippen molar-refractivity contribution in [2.45, 2.75) is 13.8 Å². The molecule has 2 rings (SSSR count). The van der Waals surface area contributed by atoms with E-state index in [9.17, 15) is 9.59 Å². The van der Waals surface area contributed by atoms with Gasteiger partial charge in [0.05, 0.1) is 10.4 Å². The Labute approximate surface area is 121 Å². The highest BCUT2D eigenvalue weighted by Crippen LogP contribution is 2.21. The summed E-state index contributed by atoms with van der Waals surface area (Å²) < 4.78 is 5.44. The molecule has 0 bridgehead atoms. The predicted octanol–water partition coefficient (Wildman–Crippen LogP) is 2.73. The van der Waals surface area contributed by atoms with Crippen LogP contribution in [-0.2, 0) is 0 Å². The zero-order valence-corrected chi connectivity index (χ0v) is 12.1. The molecule has 2 aromatic rings. The van der Waals surface area contributed by atoms with Crippen molar-refractivity contribution in [3.8, 4) is 5.75 Å². The summed E-state index contributed by atoms with van der Waals surface area (Å²) in [6.07, 6.45) is 0. The van der Waals surface area contributed by atoms with Gasteiger partial charge in [-0.25, -0.2) is 0 Å². The Balaban J connectivity index is 2.11. The van der Waals surface area contributed by atoms with Crippen LogP contribution in [0.1, 0.15) is 30.5 Å². The topological polar surface area (TPSA) is 69.4 Å². The van der Waals surface area contributed by atoms with Crippen LogP contribution < -0.4 is 10.5 Å². The molecule has 1 aromatic carbocycles. The number of amides is 1. The fourth-order valence-electron chi connectivity index (χ4n) is 1.76. The molecular formula is C15H15NO3S. The van der Waals surface area contributed by atoms with Crippen LogP contribution in [0.25, 0.3) is 0 Å². The van der Waals surface area contributed by atoms with Crippen molar-refractivity contribution in [2.24, 2.45) is 5.73 Å². The summed E-state index contributed by atoms with van der Waals surface area (Å²) in [5, 5.41) is 0. The van der Waals surface area contributed by atoms with E-state index in [1.54, 1.807) is 18.2 Å². The average molecular weight is 289 g/mol. The Kier molecular flexibility index (Phi) is 4.20. The van der Waals surface area contributed by atoms with Gasteiger partial charge in [0.2, 0.25) is 5.78 Å². The summed E-state index contributed by atoms with van der Waals surface area (Å²) in [5.41, 5.74) is 6.50. The highest BCUT2D eigenvalue weighted by atomic mass is 32.1. The third kappa shape index (κ3) is 3.24. The lowest BCUT2D eigenvalue weighted by Gasteiger charge is -2.09. The first-order valence-electron chi connectivity index (χ1n) is 6.10. The van der Waals surface area contributed by atoms with E-state index in [0.29, 0.717) is 16.2 Å². The smallest absolute Gasteiger partial charge is 0.252 e. The van der Waals surface area contributed by atoms with Crippen molar-refractivity contribution in [1.29, 1.82) is 0 Å². The summed E-state index contributed by atoms with van der Waals surface area (Å²) in [5.74, 6) is -0.341. The predicted molar refractivity (Wildman–Crippen MR) is 78.6 cm³/mol. The van der Waals surface area contributed by atoms with Crippen LogP contribution in [0.4, 0.5) is 0 Å². The van der Waals surface area contributed by atoms with E-state index in [4.69, 9.17) is 10.5 Å². The number of rotatable bonds is 5. The molecule has 1 amide bonds. The number of hydrogen-bond acceptors (Lipinski definition) is 4. The van der Waals surface area contributed by atoms with Gasteiger partial charge in [0.1, 0.15) is 5.75 Å². The molecule has 0 fully saturated rings. The lowest BCUT2D eigenvalue weighted by molar-refractivity contribution is 0.0916. The first-order valence-corrected chi connectivity index (χ1v) is 6.92. The summed E-state index contributed by atoms with van der Waals surface area (Å²) in [6, 6.07) is 8.77. The lowest BCUT2D eigenvalue weighted by atomic mass is 10.1. The molecule has 4 nitrogen and oxygen atoms in total. The van der Waals surface area contributed by atoms with E-state index < -0.39 is 5.91 Å². The van der Waals surface area contributed by atoms with Crippen molar-refractivity contribution in [1.82, 2.24) is 0 Å². The van der Waals surface area contributed by atoms with Gasteiger partial charge in [-0.1, -0.05) is 11.6 Å². The van der Waals surface area contributed by atoms with Crippen LogP contribution >= 0.6 is 11.3 Å². The van der Waals surface area contributed by atoms with E-state index in [-0.39, 0.29) is 12.4 Å². The standard InChI is InChI=1S/C15H15NO3S/c1-9-3-5-13(11(7-9)15(16)18)19-8-12(17)14-6-4-10(2)20-14/h3-7H,8H2,1-2H3,(H2,16,18). The highest BCUT2D eigenvalue weighted by Gasteiger charge is 2.13. The van der Waals surface area contributed by atoms with E-state index in [0.717, 1.165) is 10.4 Å². The second-order valence-electron chi connectivity index (χ2n) is 4.49. The Morgan fingerprint density at radius 1 is 1.20 bits per heavy atom. The number of hydrogen-bond donors (Lipinski definition) is 1. The first kappa shape index (κ1) is 14.3. The van der Waals surface area contributed by atoms with Crippen LogP contribution in [0, 0.1) is 13.8 Å². The molecule has 0 unspecified atom stereocenters. The number of Topliss-reactive ketones (excluding diaryl/α,β-unsaturated/α-hetero) is 1. The molecule has 1 aromatic heterocycles. The second kappa shape index (κ2) is 5.88. The first-order chi connectivity index (χ1) is 9.47. The van der Waals surface area contributed by atoms with Crippen molar-refractivity contribution in [3.05, 3.63) is 51.2 Å². The van der Waals surface area contributed by atoms with Crippen LogP contribution in [0.5, 0.6) is 5.75 Å². The highest BCUT2D eigenvalue weighted by molar-refractivity contribution is 7.14. The van der Waals surface area contributed by atoms with Gasteiger partial charge in [-0.15, -0.1) is 11.3 Å². The van der Waals surface area contributed by atoms with E-state index in [1.807, 2.05) is 26.0 Å². The Morgan fingerprint density at radius 3 is 2.55 bits per heavy atom. The van der Waals surface area contributed by atoms with Gasteiger partial charge < -0.3 is 10.5 Å². The molecule has 0 atom stereocenters. The molecule has 0 aliphatic rings. The fraction of sp³-hybridized carbons (Fsp3) is 0.200. The van der Waals surface area contributed by atoms with Crippen LogP contribution in [0.3, 0.4) is 0 Å². The van der Waals surface area contributed by atoms with Gasteiger partial charge >= 0.3 is 0 Å². The average Bonchev–Trinajstić information content (AvgIpc) is 2.83. The van der Waals surface area contributed by atoms with E-state index in [2.05, 4.69) is 0 Å². The maximum absolute atomic E-state index is 11.9. The van der Waals surface area contributed by atoms with Crippen LogP contribution in [0.15, 0.2) is 30.3 Å². The molecule has 0 spiro atoms. The molecule has 5 heteroatoms. The SMILES string of the molecule is Cc1ccc(OCC(=O)c2ccc(C)s2)c(C(N)=O)c1. The lowest BCUT2D eigenvalue weighted by Crippen LogP contribution is -2.16. The molecule has 104 valence electrons. The minimum atomic E-state index is -0.567. The van der Waals surface area contributed by atoms with Gasteiger partial charge in [0, 0.05) is 4.88 Å². The zero-order valence-electron chi connectivity index (χ0n) is 11.3. The molecule has 20 heavy (non-hydrogen) atoms. The molecule has 0 aliphatic carbocycles. The minimum Gasteiger partial charge on any atom is -0.485 e. The molecule has 0 saturated heterocycles. The zero-order chi connectivity index (χ0) is 14.7. The third-order valence-electron chi connectivity index (χ3n) is 2.77. The molecule has 2 N–H and O–H groups in total.